The molecule has 0 atom stereocenters. The van der Waals surface area contributed by atoms with Crippen molar-refractivity contribution in [3.8, 4) is 5.75 Å². The third-order valence-corrected chi connectivity index (χ3v) is 4.02. The van der Waals surface area contributed by atoms with Gasteiger partial charge >= 0.3 is 0 Å². The number of phenols is 1. The molecule has 0 aliphatic rings. The minimum atomic E-state index is -0.363. The fourth-order valence-corrected chi connectivity index (χ4v) is 2.00. The lowest BCUT2D eigenvalue weighted by Crippen LogP contribution is -2.21. The molecule has 0 fully saturated rings. The smallest absolute Gasteiger partial charge is 0.155 e. The summed E-state index contributed by atoms with van der Waals surface area (Å²) in [5.41, 5.74) is 0. The first kappa shape index (κ1) is 19.4. The summed E-state index contributed by atoms with van der Waals surface area (Å²) in [4.78, 5) is 0. The van der Waals surface area contributed by atoms with Crippen molar-refractivity contribution in [2.24, 2.45) is 0 Å². The second-order valence-corrected chi connectivity index (χ2v) is 5.01. The van der Waals surface area contributed by atoms with Gasteiger partial charge in [0, 0.05) is 13.1 Å². The van der Waals surface area contributed by atoms with Gasteiger partial charge in [0.15, 0.2) is 5.75 Å². The van der Waals surface area contributed by atoms with Crippen molar-refractivity contribution in [1.82, 2.24) is 5.32 Å². The van der Waals surface area contributed by atoms with Crippen LogP contribution in [0.1, 0.15) is 0 Å². The Hall–Kier alpha value is 0.350. The van der Waals surface area contributed by atoms with Crippen molar-refractivity contribution < 1.29 is 15.3 Å². The summed E-state index contributed by atoms with van der Waals surface area (Å²) in [5, 5.41) is 28.1. The molecule has 0 radical (unpaired) electrons. The SMILES string of the molecule is OCCNCCO.Oc1c(Cl)c(Cl)c(Cl)c(Cl)c1Cl. The van der Waals surface area contributed by atoms with Gasteiger partial charge in [-0.15, -0.1) is 0 Å². The lowest BCUT2D eigenvalue weighted by Gasteiger charge is -2.06. The van der Waals surface area contributed by atoms with Crippen LogP contribution in [0, 0.1) is 0 Å². The van der Waals surface area contributed by atoms with Gasteiger partial charge in [-0.2, -0.15) is 0 Å². The van der Waals surface area contributed by atoms with E-state index in [9.17, 15) is 5.11 Å². The average molecular weight is 371 g/mol. The topological polar surface area (TPSA) is 72.7 Å². The predicted octanol–water partition coefficient (Wildman–Crippen LogP) is 3.22. The Labute approximate surface area is 135 Å². The number of aliphatic hydroxyl groups excluding tert-OH is 2. The zero-order valence-electron chi connectivity index (χ0n) is 9.56. The molecule has 1 aromatic rings. The first-order valence-electron chi connectivity index (χ1n) is 5.01. The third-order valence-electron chi connectivity index (χ3n) is 1.76. The van der Waals surface area contributed by atoms with Crippen molar-refractivity contribution in [1.29, 1.82) is 0 Å². The Morgan fingerprint density at radius 1 is 0.684 bits per heavy atom. The molecule has 0 unspecified atom stereocenters. The van der Waals surface area contributed by atoms with E-state index in [1.54, 1.807) is 0 Å². The summed E-state index contributed by atoms with van der Waals surface area (Å²) in [6.45, 7) is 1.42. The van der Waals surface area contributed by atoms with Crippen molar-refractivity contribution in [2.75, 3.05) is 26.3 Å². The Morgan fingerprint density at radius 3 is 1.32 bits per heavy atom. The van der Waals surface area contributed by atoms with E-state index < -0.39 is 0 Å². The highest BCUT2D eigenvalue weighted by molar-refractivity contribution is 6.55. The van der Waals surface area contributed by atoms with Crippen LogP contribution < -0.4 is 5.32 Å². The van der Waals surface area contributed by atoms with E-state index in [2.05, 4.69) is 5.32 Å². The fourth-order valence-electron chi connectivity index (χ4n) is 0.876. The van der Waals surface area contributed by atoms with Gasteiger partial charge in [0.05, 0.1) is 28.3 Å². The lowest BCUT2D eigenvalue weighted by molar-refractivity contribution is 0.266. The van der Waals surface area contributed by atoms with Gasteiger partial charge in [0.2, 0.25) is 0 Å². The summed E-state index contributed by atoms with van der Waals surface area (Å²) >= 11 is 27.9. The molecule has 0 bridgehead atoms. The van der Waals surface area contributed by atoms with E-state index >= 15 is 0 Å². The Bertz CT molecular complexity index is 308. The zero-order valence-corrected chi connectivity index (χ0v) is 13.3. The van der Waals surface area contributed by atoms with E-state index in [1.807, 2.05) is 0 Å². The molecule has 0 saturated heterocycles. The molecule has 9 heteroatoms. The van der Waals surface area contributed by atoms with Crippen LogP contribution in [0.25, 0.3) is 0 Å². The van der Waals surface area contributed by atoms with Crippen molar-refractivity contribution >= 4 is 58.0 Å². The number of aliphatic hydroxyl groups is 2. The number of halogens is 5. The maximum Gasteiger partial charge on any atom is 0.155 e. The van der Waals surface area contributed by atoms with E-state index in [0.717, 1.165) is 0 Å². The van der Waals surface area contributed by atoms with Crippen molar-refractivity contribution in [3.63, 3.8) is 0 Å². The van der Waals surface area contributed by atoms with Gasteiger partial charge in [-0.25, -0.2) is 0 Å². The van der Waals surface area contributed by atoms with E-state index in [1.165, 1.54) is 0 Å². The van der Waals surface area contributed by atoms with Gasteiger partial charge < -0.3 is 20.6 Å². The zero-order chi connectivity index (χ0) is 15.0. The summed E-state index contributed by atoms with van der Waals surface area (Å²) in [6, 6.07) is 0. The minimum Gasteiger partial charge on any atom is -0.505 e. The molecule has 0 amide bonds. The number of aromatic hydroxyl groups is 1. The molecule has 1 rings (SSSR count). The molecule has 0 aliphatic carbocycles. The van der Waals surface area contributed by atoms with Crippen LogP contribution in [-0.4, -0.2) is 41.6 Å². The lowest BCUT2D eigenvalue weighted by atomic mass is 10.3. The van der Waals surface area contributed by atoms with Crippen molar-refractivity contribution in [3.05, 3.63) is 25.1 Å². The molecule has 0 aromatic heterocycles. The summed E-state index contributed by atoms with van der Waals surface area (Å²) in [7, 11) is 0. The van der Waals surface area contributed by atoms with Crippen LogP contribution in [0.5, 0.6) is 5.75 Å². The molecule has 0 heterocycles. The monoisotopic (exact) mass is 369 g/mol. The second-order valence-electron chi connectivity index (χ2n) is 3.12. The second kappa shape index (κ2) is 10.1. The molecular weight excluding hydrogens is 359 g/mol. The van der Waals surface area contributed by atoms with Gasteiger partial charge in [-0.3, -0.25) is 0 Å². The van der Waals surface area contributed by atoms with Gasteiger partial charge in [0.1, 0.15) is 10.0 Å². The molecule has 19 heavy (non-hydrogen) atoms. The normalized spacial score (nSPS) is 10.1. The van der Waals surface area contributed by atoms with Crippen LogP contribution in [0.3, 0.4) is 0 Å². The molecule has 4 N–H and O–H groups in total. The molecule has 0 saturated carbocycles. The standard InChI is InChI=1S/C6HCl5O.C4H11NO2/c7-1-2(8)4(10)6(12)5(11)3(1)9;6-3-1-5-2-4-7/h12H;5-7H,1-4H2. The molecule has 1 aromatic carbocycles. The Kier molecular flexibility index (Phi) is 10.3. The van der Waals surface area contributed by atoms with E-state index in [4.69, 9.17) is 68.2 Å². The number of hydrogen-bond acceptors (Lipinski definition) is 4. The van der Waals surface area contributed by atoms with Crippen LogP contribution in [0.2, 0.25) is 25.1 Å². The highest BCUT2D eigenvalue weighted by Gasteiger charge is 2.18. The maximum atomic E-state index is 9.20. The summed E-state index contributed by atoms with van der Waals surface area (Å²) in [6.07, 6.45) is 0. The first-order chi connectivity index (χ1) is 8.88. The quantitative estimate of drug-likeness (QED) is 0.373. The highest BCUT2D eigenvalue weighted by Crippen LogP contribution is 2.47. The van der Waals surface area contributed by atoms with Crippen molar-refractivity contribution in [2.45, 2.75) is 0 Å². The van der Waals surface area contributed by atoms with Crippen LogP contribution in [-0.2, 0) is 0 Å². The number of phenolic OH excluding ortho intramolecular Hbond substituents is 1. The first-order valence-corrected chi connectivity index (χ1v) is 6.90. The molecule has 110 valence electrons. The number of nitrogens with one attached hydrogen (secondary N) is 1. The molecular formula is C10H12Cl5NO3. The third kappa shape index (κ3) is 6.10. The minimum absolute atomic E-state index is 0.00904. The van der Waals surface area contributed by atoms with Gasteiger partial charge in [-0.05, 0) is 0 Å². The van der Waals surface area contributed by atoms with E-state index in [-0.39, 0.29) is 44.1 Å². The maximum absolute atomic E-state index is 9.20. The molecule has 4 nitrogen and oxygen atoms in total. The number of hydrogen-bond donors (Lipinski definition) is 4. The number of benzene rings is 1. The fraction of sp³-hybridized carbons (Fsp3) is 0.400. The summed E-state index contributed by atoms with van der Waals surface area (Å²) < 4.78 is 0. The highest BCUT2D eigenvalue weighted by atomic mass is 35.5. The van der Waals surface area contributed by atoms with E-state index in [0.29, 0.717) is 13.1 Å². The molecule has 0 spiro atoms. The van der Waals surface area contributed by atoms with Gasteiger partial charge in [-0.1, -0.05) is 58.0 Å². The average Bonchev–Trinajstić information content (AvgIpc) is 2.42. The molecule has 0 aliphatic heterocycles. The Morgan fingerprint density at radius 2 is 1.00 bits per heavy atom. The summed E-state index contributed by atoms with van der Waals surface area (Å²) in [5.74, 6) is -0.363. The predicted molar refractivity (Wildman–Crippen MR) is 80.2 cm³/mol. The van der Waals surface area contributed by atoms with Crippen LogP contribution in [0.15, 0.2) is 0 Å². The van der Waals surface area contributed by atoms with Crippen LogP contribution >= 0.6 is 58.0 Å². The number of rotatable bonds is 4. The van der Waals surface area contributed by atoms with Gasteiger partial charge in [0.25, 0.3) is 0 Å². The Balaban J connectivity index is 0.000000399. The largest absolute Gasteiger partial charge is 0.505 e. The van der Waals surface area contributed by atoms with Crippen LogP contribution in [0.4, 0.5) is 0 Å².